The van der Waals surface area contributed by atoms with Gasteiger partial charge in [0, 0.05) is 24.7 Å². The van der Waals surface area contributed by atoms with E-state index in [-0.39, 0.29) is 29.6 Å². The van der Waals surface area contributed by atoms with Crippen LogP contribution in [-0.4, -0.2) is 23.4 Å². The molecule has 0 saturated carbocycles. The van der Waals surface area contributed by atoms with Crippen LogP contribution in [0.15, 0.2) is 24.3 Å². The molecule has 1 amide bonds. The van der Waals surface area contributed by atoms with E-state index in [0.717, 1.165) is 5.56 Å². The van der Waals surface area contributed by atoms with Crippen LogP contribution >= 0.6 is 0 Å². The number of rotatable bonds is 4. The molecule has 108 valence electrons. The van der Waals surface area contributed by atoms with E-state index in [9.17, 15) is 14.9 Å². The van der Waals surface area contributed by atoms with Crippen LogP contribution in [0.1, 0.15) is 25.5 Å². The maximum Gasteiger partial charge on any atom is 0.269 e. The second kappa shape index (κ2) is 5.98. The van der Waals surface area contributed by atoms with Crippen LogP contribution in [0.3, 0.4) is 0 Å². The normalized spacial score (nSPS) is 21.9. The first-order valence-electron chi connectivity index (χ1n) is 6.52. The highest BCUT2D eigenvalue weighted by Crippen LogP contribution is 2.26. The fourth-order valence-electron chi connectivity index (χ4n) is 2.25. The third-order valence-electron chi connectivity index (χ3n) is 3.21. The van der Waals surface area contributed by atoms with E-state index in [1.54, 1.807) is 12.1 Å². The van der Waals surface area contributed by atoms with Gasteiger partial charge in [-0.1, -0.05) is 12.1 Å². The van der Waals surface area contributed by atoms with E-state index in [4.69, 9.17) is 0 Å². The van der Waals surface area contributed by atoms with Crippen LogP contribution in [0.25, 0.3) is 0 Å². The SMILES string of the molecule is CC(C)NC(=O)C1CNNC1c1ccc([N+](=O)[O-])cc1. The number of nitro groups is 1. The van der Waals surface area contributed by atoms with Gasteiger partial charge in [-0.2, -0.15) is 0 Å². The smallest absolute Gasteiger partial charge is 0.269 e. The Kier molecular flexibility index (Phi) is 4.31. The van der Waals surface area contributed by atoms with Crippen LogP contribution < -0.4 is 16.2 Å². The molecule has 1 aromatic carbocycles. The minimum atomic E-state index is -0.437. The van der Waals surface area contributed by atoms with Gasteiger partial charge in [-0.05, 0) is 19.4 Å². The Labute approximate surface area is 116 Å². The molecule has 1 saturated heterocycles. The zero-order valence-corrected chi connectivity index (χ0v) is 11.4. The summed E-state index contributed by atoms with van der Waals surface area (Å²) in [5.74, 6) is -0.264. The third kappa shape index (κ3) is 3.12. The van der Waals surface area contributed by atoms with E-state index < -0.39 is 4.92 Å². The maximum atomic E-state index is 12.1. The summed E-state index contributed by atoms with van der Waals surface area (Å²) in [4.78, 5) is 22.3. The molecule has 0 aliphatic carbocycles. The van der Waals surface area contributed by atoms with E-state index in [0.29, 0.717) is 6.54 Å². The van der Waals surface area contributed by atoms with Gasteiger partial charge in [0.15, 0.2) is 0 Å². The van der Waals surface area contributed by atoms with Crippen molar-refractivity contribution in [2.45, 2.75) is 25.9 Å². The molecule has 0 spiro atoms. The molecule has 1 aromatic rings. The van der Waals surface area contributed by atoms with Crippen molar-refractivity contribution in [3.05, 3.63) is 39.9 Å². The number of nitrogens with one attached hydrogen (secondary N) is 3. The second-order valence-electron chi connectivity index (χ2n) is 5.12. The Hall–Kier alpha value is -1.99. The summed E-state index contributed by atoms with van der Waals surface area (Å²) in [5, 5.41) is 13.5. The van der Waals surface area contributed by atoms with Gasteiger partial charge in [0.1, 0.15) is 0 Å². The number of nitro benzene ring substituents is 1. The van der Waals surface area contributed by atoms with Gasteiger partial charge >= 0.3 is 0 Å². The number of carbonyl (C=O) groups excluding carboxylic acids is 1. The van der Waals surface area contributed by atoms with Crippen molar-refractivity contribution in [1.82, 2.24) is 16.2 Å². The number of benzene rings is 1. The molecule has 2 unspecified atom stereocenters. The molecule has 1 heterocycles. The molecule has 3 N–H and O–H groups in total. The first-order valence-corrected chi connectivity index (χ1v) is 6.52. The number of carbonyl (C=O) groups is 1. The standard InChI is InChI=1S/C13H18N4O3/c1-8(2)15-13(18)11-7-14-16-12(11)9-3-5-10(6-4-9)17(19)20/h3-6,8,11-12,14,16H,7H2,1-2H3,(H,15,18). The predicted molar refractivity (Wildman–Crippen MR) is 73.7 cm³/mol. The fourth-order valence-corrected chi connectivity index (χ4v) is 2.25. The lowest BCUT2D eigenvalue weighted by molar-refractivity contribution is -0.384. The quantitative estimate of drug-likeness (QED) is 0.561. The van der Waals surface area contributed by atoms with Gasteiger partial charge in [0.2, 0.25) is 5.91 Å². The highest BCUT2D eigenvalue weighted by atomic mass is 16.6. The number of hydrazine groups is 1. The molecule has 2 atom stereocenters. The molecular weight excluding hydrogens is 260 g/mol. The molecule has 0 radical (unpaired) electrons. The van der Waals surface area contributed by atoms with E-state index in [1.807, 2.05) is 13.8 Å². The van der Waals surface area contributed by atoms with Gasteiger partial charge in [-0.25, -0.2) is 5.43 Å². The number of nitrogens with zero attached hydrogens (tertiary/aromatic N) is 1. The Bertz CT molecular complexity index is 501. The van der Waals surface area contributed by atoms with E-state index in [2.05, 4.69) is 16.2 Å². The average molecular weight is 278 g/mol. The lowest BCUT2D eigenvalue weighted by Gasteiger charge is -2.19. The topological polar surface area (TPSA) is 96.3 Å². The van der Waals surface area contributed by atoms with Crippen LogP contribution in [-0.2, 0) is 4.79 Å². The summed E-state index contributed by atoms with van der Waals surface area (Å²) in [6, 6.07) is 6.16. The first kappa shape index (κ1) is 14.4. The molecular formula is C13H18N4O3. The number of non-ortho nitro benzene ring substituents is 1. The lowest BCUT2D eigenvalue weighted by Crippen LogP contribution is -2.38. The summed E-state index contributed by atoms with van der Waals surface area (Å²) in [7, 11) is 0. The molecule has 0 aromatic heterocycles. The van der Waals surface area contributed by atoms with Gasteiger partial charge in [-0.15, -0.1) is 0 Å². The maximum absolute atomic E-state index is 12.1. The molecule has 0 bridgehead atoms. The summed E-state index contributed by atoms with van der Waals surface area (Å²) in [6.45, 7) is 4.35. The van der Waals surface area contributed by atoms with Crippen molar-refractivity contribution in [3.63, 3.8) is 0 Å². The number of hydrogen-bond donors (Lipinski definition) is 3. The first-order chi connectivity index (χ1) is 9.49. The lowest BCUT2D eigenvalue weighted by atomic mass is 9.94. The minimum absolute atomic E-state index is 0.0270. The molecule has 1 aliphatic rings. The molecule has 7 nitrogen and oxygen atoms in total. The monoisotopic (exact) mass is 278 g/mol. The summed E-state index contributed by atoms with van der Waals surface area (Å²) < 4.78 is 0. The van der Waals surface area contributed by atoms with Crippen LogP contribution in [0.2, 0.25) is 0 Å². The molecule has 1 aliphatic heterocycles. The summed E-state index contributed by atoms with van der Waals surface area (Å²) >= 11 is 0. The van der Waals surface area contributed by atoms with E-state index >= 15 is 0 Å². The van der Waals surface area contributed by atoms with Crippen molar-refractivity contribution in [2.75, 3.05) is 6.54 Å². The van der Waals surface area contributed by atoms with Crippen molar-refractivity contribution < 1.29 is 9.72 Å². The predicted octanol–water partition coefficient (Wildman–Crippen LogP) is 0.884. The van der Waals surface area contributed by atoms with Crippen molar-refractivity contribution in [3.8, 4) is 0 Å². The Morgan fingerprint density at radius 2 is 2.05 bits per heavy atom. The number of hydrogen-bond acceptors (Lipinski definition) is 5. The van der Waals surface area contributed by atoms with Gasteiger partial charge in [0.05, 0.1) is 16.9 Å². The van der Waals surface area contributed by atoms with Crippen molar-refractivity contribution in [2.24, 2.45) is 5.92 Å². The molecule has 2 rings (SSSR count). The molecule has 20 heavy (non-hydrogen) atoms. The summed E-state index contributed by atoms with van der Waals surface area (Å²) in [5.41, 5.74) is 6.91. The summed E-state index contributed by atoms with van der Waals surface area (Å²) in [6.07, 6.45) is 0. The Morgan fingerprint density at radius 3 is 2.60 bits per heavy atom. The van der Waals surface area contributed by atoms with Crippen molar-refractivity contribution >= 4 is 11.6 Å². The van der Waals surface area contributed by atoms with Crippen molar-refractivity contribution in [1.29, 1.82) is 0 Å². The van der Waals surface area contributed by atoms with Crippen LogP contribution in [0.4, 0.5) is 5.69 Å². The zero-order valence-electron chi connectivity index (χ0n) is 11.4. The van der Waals surface area contributed by atoms with Gasteiger partial charge in [0.25, 0.3) is 5.69 Å². The largest absolute Gasteiger partial charge is 0.354 e. The highest BCUT2D eigenvalue weighted by molar-refractivity contribution is 5.80. The van der Waals surface area contributed by atoms with Crippen LogP contribution in [0, 0.1) is 16.0 Å². The second-order valence-corrected chi connectivity index (χ2v) is 5.12. The third-order valence-corrected chi connectivity index (χ3v) is 3.21. The molecule has 1 fully saturated rings. The zero-order chi connectivity index (χ0) is 14.7. The fraction of sp³-hybridized carbons (Fsp3) is 0.462. The Balaban J connectivity index is 2.14. The Morgan fingerprint density at radius 1 is 1.40 bits per heavy atom. The van der Waals surface area contributed by atoms with Gasteiger partial charge < -0.3 is 5.32 Å². The minimum Gasteiger partial charge on any atom is -0.354 e. The van der Waals surface area contributed by atoms with Gasteiger partial charge in [-0.3, -0.25) is 20.3 Å². The van der Waals surface area contributed by atoms with Crippen LogP contribution in [0.5, 0.6) is 0 Å². The average Bonchev–Trinajstić information content (AvgIpc) is 2.87. The number of amides is 1. The highest BCUT2D eigenvalue weighted by Gasteiger charge is 2.34. The van der Waals surface area contributed by atoms with E-state index in [1.165, 1.54) is 12.1 Å². The molecule has 7 heteroatoms.